The molecule has 2 aromatic heterocycles. The van der Waals surface area contributed by atoms with E-state index in [1.165, 1.54) is 12.3 Å². The fourth-order valence-corrected chi connectivity index (χ4v) is 3.77. The van der Waals surface area contributed by atoms with Gasteiger partial charge in [-0.25, -0.2) is 4.21 Å². The Bertz CT molecular complexity index is 1000. The molecule has 0 aliphatic carbocycles. The highest BCUT2D eigenvalue weighted by Gasteiger charge is 2.28. The summed E-state index contributed by atoms with van der Waals surface area (Å²) in [7, 11) is -1.39. The summed E-state index contributed by atoms with van der Waals surface area (Å²) in [6.07, 6.45) is 3.14. The topological polar surface area (TPSA) is 92.0 Å². The minimum atomic E-state index is -1.39. The van der Waals surface area contributed by atoms with Crippen molar-refractivity contribution >= 4 is 16.8 Å². The Kier molecular flexibility index (Phi) is 3.84. The van der Waals surface area contributed by atoms with Crippen LogP contribution in [0, 0.1) is 11.3 Å². The van der Waals surface area contributed by atoms with Crippen LogP contribution in [0.1, 0.15) is 11.3 Å². The van der Waals surface area contributed by atoms with Gasteiger partial charge in [-0.05, 0) is 23.8 Å². The molecule has 1 atom stereocenters. The van der Waals surface area contributed by atoms with Gasteiger partial charge in [0, 0.05) is 12.3 Å². The smallest absolute Gasteiger partial charge is 0.325 e. The first kappa shape index (κ1) is 15.2. The molecule has 0 bridgehead atoms. The predicted octanol–water partition coefficient (Wildman–Crippen LogP) is 2.58. The molecule has 0 spiro atoms. The largest absolute Gasteiger partial charge is 0.423 e. The monoisotopic (exact) mass is 349 g/mol. The molecule has 4 rings (SSSR count). The lowest BCUT2D eigenvalue weighted by Gasteiger charge is -2.15. The quantitative estimate of drug-likeness (QED) is 0.722. The highest BCUT2D eigenvalue weighted by Crippen LogP contribution is 2.31. The minimum Gasteiger partial charge on any atom is -0.423 e. The lowest BCUT2D eigenvalue weighted by molar-refractivity contribution is 0.439. The van der Waals surface area contributed by atoms with Gasteiger partial charge in [0.1, 0.15) is 23.3 Å². The van der Waals surface area contributed by atoms with Crippen molar-refractivity contribution in [2.45, 2.75) is 11.4 Å². The molecule has 1 unspecified atom stereocenters. The highest BCUT2D eigenvalue weighted by atomic mass is 32.2. The second kappa shape index (κ2) is 6.30. The number of nitriles is 1. The number of aromatic nitrogens is 3. The maximum Gasteiger partial charge on any atom is 0.325 e. The molecular weight excluding hydrogens is 338 g/mol. The van der Waals surface area contributed by atoms with Crippen LogP contribution in [0.25, 0.3) is 0 Å². The number of anilines is 1. The summed E-state index contributed by atoms with van der Waals surface area (Å²) in [6, 6.07) is 14.4. The molecule has 1 aromatic carbocycles. The number of pyridine rings is 1. The Hall–Kier alpha value is -3.31. The van der Waals surface area contributed by atoms with E-state index in [1.54, 1.807) is 22.6 Å². The molecule has 1 aliphatic rings. The zero-order valence-corrected chi connectivity index (χ0v) is 13.7. The minimum absolute atomic E-state index is 0.00926. The third kappa shape index (κ3) is 2.93. The van der Waals surface area contributed by atoms with Gasteiger partial charge < -0.3 is 4.74 Å². The van der Waals surface area contributed by atoms with Gasteiger partial charge in [0.25, 0.3) is 0 Å². The van der Waals surface area contributed by atoms with Crippen LogP contribution in [0.2, 0.25) is 0 Å². The van der Waals surface area contributed by atoms with Crippen LogP contribution in [0.5, 0.6) is 11.8 Å². The number of rotatable bonds is 3. The van der Waals surface area contributed by atoms with Crippen molar-refractivity contribution in [1.29, 1.82) is 5.26 Å². The fourth-order valence-electron chi connectivity index (χ4n) is 2.46. The Morgan fingerprint density at radius 1 is 1.20 bits per heavy atom. The number of hydrogen-bond donors (Lipinski definition) is 0. The van der Waals surface area contributed by atoms with Crippen molar-refractivity contribution in [3.05, 3.63) is 66.1 Å². The van der Waals surface area contributed by atoms with Crippen LogP contribution in [0.4, 0.5) is 5.82 Å². The molecule has 0 amide bonds. The van der Waals surface area contributed by atoms with Crippen molar-refractivity contribution < 1.29 is 8.95 Å². The zero-order valence-electron chi connectivity index (χ0n) is 12.9. The molecular formula is C17H11N5O2S. The van der Waals surface area contributed by atoms with Crippen molar-refractivity contribution in [2.24, 2.45) is 0 Å². The summed E-state index contributed by atoms with van der Waals surface area (Å²) in [4.78, 5) is 13.1. The number of benzene rings is 1. The molecule has 0 saturated heterocycles. The third-order valence-corrected chi connectivity index (χ3v) is 5.07. The van der Waals surface area contributed by atoms with Crippen molar-refractivity contribution in [3.8, 4) is 17.8 Å². The molecule has 25 heavy (non-hydrogen) atoms. The van der Waals surface area contributed by atoms with E-state index in [0.29, 0.717) is 18.1 Å². The van der Waals surface area contributed by atoms with Gasteiger partial charge in [-0.15, -0.1) is 0 Å². The van der Waals surface area contributed by atoms with Gasteiger partial charge in [-0.1, -0.05) is 18.2 Å². The number of nitrogens with zero attached hydrogens (tertiary/aromatic N) is 5. The third-order valence-electron chi connectivity index (χ3n) is 3.58. The van der Waals surface area contributed by atoms with Crippen LogP contribution >= 0.6 is 0 Å². The van der Waals surface area contributed by atoms with Crippen LogP contribution in [-0.2, 0) is 17.5 Å². The normalized spacial score (nSPS) is 15.5. The Labute approximate surface area is 146 Å². The second-order valence-corrected chi connectivity index (χ2v) is 6.57. The SMILES string of the molecule is N#Cc1cc(N2Cc3ccccc3S2=O)nc(Oc2cccnc2)n1. The van der Waals surface area contributed by atoms with Gasteiger partial charge in [0.2, 0.25) is 0 Å². The number of hydrogen-bond acceptors (Lipinski definition) is 6. The second-order valence-electron chi connectivity index (χ2n) is 5.19. The van der Waals surface area contributed by atoms with Gasteiger partial charge in [0.15, 0.2) is 11.0 Å². The average molecular weight is 349 g/mol. The summed E-state index contributed by atoms with van der Waals surface area (Å²) in [5.41, 5.74) is 1.10. The van der Waals surface area contributed by atoms with Crippen LogP contribution in [-0.4, -0.2) is 19.2 Å². The molecule has 0 N–H and O–H groups in total. The summed E-state index contributed by atoms with van der Waals surface area (Å²) in [5, 5.41) is 9.23. The van der Waals surface area contributed by atoms with Gasteiger partial charge in [0.05, 0.1) is 17.6 Å². The molecule has 7 nitrogen and oxygen atoms in total. The first-order valence-electron chi connectivity index (χ1n) is 7.39. The molecule has 122 valence electrons. The summed E-state index contributed by atoms with van der Waals surface area (Å²) in [6.45, 7) is 0.441. The van der Waals surface area contributed by atoms with Crippen LogP contribution < -0.4 is 9.04 Å². The lowest BCUT2D eigenvalue weighted by atomic mass is 10.2. The van der Waals surface area contributed by atoms with E-state index < -0.39 is 11.0 Å². The summed E-state index contributed by atoms with van der Waals surface area (Å²) < 4.78 is 19.9. The van der Waals surface area contributed by atoms with E-state index in [9.17, 15) is 9.47 Å². The van der Waals surface area contributed by atoms with Crippen LogP contribution in [0.3, 0.4) is 0 Å². The van der Waals surface area contributed by atoms with E-state index in [0.717, 1.165) is 10.5 Å². The zero-order chi connectivity index (χ0) is 17.2. The predicted molar refractivity (Wildman–Crippen MR) is 90.1 cm³/mol. The number of ether oxygens (including phenoxy) is 1. The standard InChI is InChI=1S/C17H11N5O2S/c18-9-13-8-16(21-17(20-13)24-14-5-3-7-19-10-14)22-11-12-4-1-2-6-15(12)25(22)23/h1-8,10H,11H2. The van der Waals surface area contributed by atoms with E-state index in [1.807, 2.05) is 30.3 Å². The molecule has 3 heterocycles. The highest BCUT2D eigenvalue weighted by molar-refractivity contribution is 7.86. The fraction of sp³-hybridized carbons (Fsp3) is 0.0588. The first-order chi connectivity index (χ1) is 12.2. The molecule has 0 radical (unpaired) electrons. The molecule has 3 aromatic rings. The van der Waals surface area contributed by atoms with Gasteiger partial charge >= 0.3 is 6.01 Å². The van der Waals surface area contributed by atoms with Crippen molar-refractivity contribution in [2.75, 3.05) is 4.31 Å². The Morgan fingerprint density at radius 3 is 2.84 bits per heavy atom. The summed E-state index contributed by atoms with van der Waals surface area (Å²) in [5.74, 6) is 0.828. The van der Waals surface area contributed by atoms with E-state index in [2.05, 4.69) is 15.0 Å². The first-order valence-corrected chi connectivity index (χ1v) is 8.49. The van der Waals surface area contributed by atoms with E-state index in [-0.39, 0.29) is 11.7 Å². The maximum absolute atomic E-state index is 12.7. The van der Waals surface area contributed by atoms with Crippen LogP contribution in [0.15, 0.2) is 59.8 Å². The molecule has 8 heteroatoms. The maximum atomic E-state index is 12.7. The Balaban J connectivity index is 1.70. The lowest BCUT2D eigenvalue weighted by Crippen LogP contribution is -2.20. The van der Waals surface area contributed by atoms with Gasteiger partial charge in [-0.2, -0.15) is 15.2 Å². The van der Waals surface area contributed by atoms with E-state index in [4.69, 9.17) is 4.74 Å². The van der Waals surface area contributed by atoms with Crippen molar-refractivity contribution in [1.82, 2.24) is 15.0 Å². The van der Waals surface area contributed by atoms with E-state index >= 15 is 0 Å². The molecule has 1 aliphatic heterocycles. The van der Waals surface area contributed by atoms with Crippen molar-refractivity contribution in [3.63, 3.8) is 0 Å². The average Bonchev–Trinajstić information content (AvgIpc) is 2.99. The molecule has 0 fully saturated rings. The number of fused-ring (bicyclic) bond motifs is 1. The summed E-state index contributed by atoms with van der Waals surface area (Å²) >= 11 is 0. The van der Waals surface area contributed by atoms with Gasteiger partial charge in [-0.3, -0.25) is 9.29 Å². The Morgan fingerprint density at radius 2 is 2.08 bits per heavy atom. The molecule has 0 saturated carbocycles.